The minimum absolute atomic E-state index is 0.239. The van der Waals surface area contributed by atoms with Gasteiger partial charge < -0.3 is 19.3 Å². The van der Waals surface area contributed by atoms with Crippen molar-refractivity contribution in [2.45, 2.75) is 45.8 Å². The fraction of sp³-hybridized carbons (Fsp3) is 0.464. The molecule has 186 valence electrons. The smallest absolute Gasteiger partial charge is 0.410 e. The van der Waals surface area contributed by atoms with E-state index in [0.29, 0.717) is 36.7 Å². The molecular weight excluding hydrogens is 442 g/mol. The second-order valence-electron chi connectivity index (χ2n) is 10.2. The zero-order chi connectivity index (χ0) is 25.6. The van der Waals surface area contributed by atoms with Crippen molar-refractivity contribution < 1.29 is 19.1 Å². The second kappa shape index (κ2) is 11.4. The van der Waals surface area contributed by atoms with Crippen molar-refractivity contribution in [3.8, 4) is 17.2 Å². The van der Waals surface area contributed by atoms with Crippen LogP contribution in [0.1, 0.15) is 55.1 Å². The first-order chi connectivity index (χ1) is 16.6. The lowest BCUT2D eigenvalue weighted by atomic mass is 9.95. The standard InChI is InChI=1S/C28H35N3O4/c1-28(2,3)35-27(33)31-11-9-20(10-12-31)18-30(4)19-22-14-24(16-25(15-22)26(32)34-5)23-8-6-7-21(13-23)17-29/h6-8,13-16,20H,9-12,18-19H2,1-5H3. The number of nitriles is 1. The Bertz CT molecular complexity index is 1090. The summed E-state index contributed by atoms with van der Waals surface area (Å²) in [6.07, 6.45) is 1.62. The fourth-order valence-corrected chi connectivity index (χ4v) is 4.40. The average Bonchev–Trinajstić information content (AvgIpc) is 2.82. The first-order valence-electron chi connectivity index (χ1n) is 12.0. The molecule has 0 aliphatic carbocycles. The number of amides is 1. The van der Waals surface area contributed by atoms with Crippen LogP contribution in [0.5, 0.6) is 0 Å². The molecule has 0 saturated carbocycles. The number of methoxy groups -OCH3 is 1. The van der Waals surface area contributed by atoms with Crippen LogP contribution >= 0.6 is 0 Å². The van der Waals surface area contributed by atoms with E-state index in [1.165, 1.54) is 7.11 Å². The third kappa shape index (κ3) is 7.56. The van der Waals surface area contributed by atoms with Gasteiger partial charge in [-0.2, -0.15) is 5.26 Å². The molecule has 1 heterocycles. The molecule has 0 spiro atoms. The van der Waals surface area contributed by atoms with Crippen LogP contribution in [-0.4, -0.2) is 61.3 Å². The van der Waals surface area contributed by atoms with Crippen molar-refractivity contribution in [3.63, 3.8) is 0 Å². The molecule has 7 heteroatoms. The number of hydrogen-bond acceptors (Lipinski definition) is 6. The average molecular weight is 478 g/mol. The molecule has 35 heavy (non-hydrogen) atoms. The fourth-order valence-electron chi connectivity index (χ4n) is 4.40. The van der Waals surface area contributed by atoms with Crippen molar-refractivity contribution in [1.82, 2.24) is 9.80 Å². The Morgan fingerprint density at radius 3 is 2.46 bits per heavy atom. The summed E-state index contributed by atoms with van der Waals surface area (Å²) >= 11 is 0. The molecule has 0 aromatic heterocycles. The maximum Gasteiger partial charge on any atom is 0.410 e. The molecule has 1 fully saturated rings. The highest BCUT2D eigenvalue weighted by Gasteiger charge is 2.27. The van der Waals surface area contributed by atoms with E-state index in [4.69, 9.17) is 9.47 Å². The highest BCUT2D eigenvalue weighted by atomic mass is 16.6. The van der Waals surface area contributed by atoms with Gasteiger partial charge in [-0.3, -0.25) is 0 Å². The molecule has 0 unspecified atom stereocenters. The lowest BCUT2D eigenvalue weighted by Gasteiger charge is -2.35. The van der Waals surface area contributed by atoms with E-state index in [1.807, 2.05) is 45.0 Å². The largest absolute Gasteiger partial charge is 0.465 e. The molecule has 0 N–H and O–H groups in total. The molecule has 0 radical (unpaired) electrons. The van der Waals surface area contributed by atoms with Crippen molar-refractivity contribution in [2.24, 2.45) is 5.92 Å². The predicted molar refractivity (Wildman–Crippen MR) is 135 cm³/mol. The number of carbonyl (C=O) groups is 2. The predicted octanol–water partition coefficient (Wildman–Crippen LogP) is 5.09. The van der Waals surface area contributed by atoms with Crippen LogP contribution in [0.15, 0.2) is 42.5 Å². The van der Waals surface area contributed by atoms with E-state index in [9.17, 15) is 14.9 Å². The number of benzene rings is 2. The van der Waals surface area contributed by atoms with Crippen molar-refractivity contribution in [1.29, 1.82) is 5.26 Å². The summed E-state index contributed by atoms with van der Waals surface area (Å²) in [5, 5.41) is 9.26. The Hall–Kier alpha value is -3.37. The number of ether oxygens (including phenoxy) is 2. The summed E-state index contributed by atoms with van der Waals surface area (Å²) in [6.45, 7) is 8.61. The van der Waals surface area contributed by atoms with Gasteiger partial charge in [0.15, 0.2) is 0 Å². The SMILES string of the molecule is COC(=O)c1cc(CN(C)CC2CCN(C(=O)OC(C)(C)C)CC2)cc(-c2cccc(C#N)c2)c1. The molecular formula is C28H35N3O4. The van der Waals surface area contributed by atoms with Gasteiger partial charge in [-0.15, -0.1) is 0 Å². The van der Waals surface area contributed by atoms with E-state index in [-0.39, 0.29) is 12.1 Å². The molecule has 7 nitrogen and oxygen atoms in total. The second-order valence-corrected chi connectivity index (χ2v) is 10.2. The van der Waals surface area contributed by atoms with Gasteiger partial charge in [0.1, 0.15) is 5.60 Å². The van der Waals surface area contributed by atoms with E-state index in [2.05, 4.69) is 24.1 Å². The number of piperidine rings is 1. The molecule has 1 aliphatic rings. The topological polar surface area (TPSA) is 82.9 Å². The van der Waals surface area contributed by atoms with Crippen molar-refractivity contribution >= 4 is 12.1 Å². The van der Waals surface area contributed by atoms with Crippen LogP contribution in [0.3, 0.4) is 0 Å². The Balaban J connectivity index is 1.66. The highest BCUT2D eigenvalue weighted by molar-refractivity contribution is 5.91. The summed E-state index contributed by atoms with van der Waals surface area (Å²) in [6, 6.07) is 15.3. The van der Waals surface area contributed by atoms with Crippen LogP contribution in [0, 0.1) is 17.2 Å². The summed E-state index contributed by atoms with van der Waals surface area (Å²) in [5.41, 5.74) is 3.33. The van der Waals surface area contributed by atoms with Crippen molar-refractivity contribution in [2.75, 3.05) is 33.8 Å². The van der Waals surface area contributed by atoms with Gasteiger partial charge in [0.2, 0.25) is 0 Å². The zero-order valence-electron chi connectivity index (χ0n) is 21.3. The van der Waals surface area contributed by atoms with Gasteiger partial charge in [-0.05, 0) is 93.6 Å². The van der Waals surface area contributed by atoms with E-state index < -0.39 is 5.60 Å². The van der Waals surface area contributed by atoms with Gasteiger partial charge in [-0.1, -0.05) is 12.1 Å². The monoisotopic (exact) mass is 477 g/mol. The zero-order valence-corrected chi connectivity index (χ0v) is 21.3. The summed E-state index contributed by atoms with van der Waals surface area (Å²) in [5.74, 6) is 0.0935. The summed E-state index contributed by atoms with van der Waals surface area (Å²) in [7, 11) is 3.45. The van der Waals surface area contributed by atoms with Crippen LogP contribution < -0.4 is 0 Å². The number of nitrogens with zero attached hydrogens (tertiary/aromatic N) is 3. The van der Waals surface area contributed by atoms with Gasteiger partial charge >= 0.3 is 12.1 Å². The molecule has 2 aromatic rings. The summed E-state index contributed by atoms with van der Waals surface area (Å²) in [4.78, 5) is 28.7. The maximum absolute atomic E-state index is 12.3. The van der Waals surface area contributed by atoms with Gasteiger partial charge in [0.05, 0.1) is 24.3 Å². The molecule has 2 aromatic carbocycles. The number of likely N-dealkylation sites (tertiary alicyclic amines) is 1. The van der Waals surface area contributed by atoms with Crippen LogP contribution in [-0.2, 0) is 16.0 Å². The summed E-state index contributed by atoms with van der Waals surface area (Å²) < 4.78 is 10.5. The Morgan fingerprint density at radius 2 is 1.83 bits per heavy atom. The lowest BCUT2D eigenvalue weighted by molar-refractivity contribution is 0.0172. The van der Waals surface area contributed by atoms with E-state index >= 15 is 0 Å². The minimum Gasteiger partial charge on any atom is -0.465 e. The van der Waals surface area contributed by atoms with Gasteiger partial charge in [-0.25, -0.2) is 9.59 Å². The first kappa shape index (κ1) is 26.2. The third-order valence-electron chi connectivity index (χ3n) is 6.03. The quantitative estimate of drug-likeness (QED) is 0.539. The molecule has 1 amide bonds. The highest BCUT2D eigenvalue weighted by Crippen LogP contribution is 2.26. The molecule has 1 aliphatic heterocycles. The minimum atomic E-state index is -0.484. The van der Waals surface area contributed by atoms with E-state index in [1.54, 1.807) is 17.0 Å². The maximum atomic E-state index is 12.3. The molecule has 0 atom stereocenters. The van der Waals surface area contributed by atoms with Crippen LogP contribution in [0.2, 0.25) is 0 Å². The third-order valence-corrected chi connectivity index (χ3v) is 6.03. The van der Waals surface area contributed by atoms with Crippen LogP contribution in [0.4, 0.5) is 4.79 Å². The van der Waals surface area contributed by atoms with E-state index in [0.717, 1.165) is 36.1 Å². The molecule has 1 saturated heterocycles. The van der Waals surface area contributed by atoms with Gasteiger partial charge in [0, 0.05) is 26.2 Å². The number of esters is 1. The van der Waals surface area contributed by atoms with Gasteiger partial charge in [0.25, 0.3) is 0 Å². The Kier molecular flexibility index (Phi) is 8.52. The molecule has 3 rings (SSSR count). The Morgan fingerprint density at radius 1 is 1.11 bits per heavy atom. The number of carbonyl (C=O) groups excluding carboxylic acids is 2. The normalized spacial score (nSPS) is 14.5. The van der Waals surface area contributed by atoms with Crippen molar-refractivity contribution in [3.05, 3.63) is 59.2 Å². The Labute approximate surface area is 208 Å². The molecule has 0 bridgehead atoms. The lowest BCUT2D eigenvalue weighted by Crippen LogP contribution is -2.43. The van der Waals surface area contributed by atoms with Crippen LogP contribution in [0.25, 0.3) is 11.1 Å². The first-order valence-corrected chi connectivity index (χ1v) is 12.0. The number of hydrogen-bond donors (Lipinski definition) is 0. The number of rotatable bonds is 6.